The largest absolute Gasteiger partial charge is 0.327 e. The molecule has 2 rings (SSSR count). The van der Waals surface area contributed by atoms with E-state index in [-0.39, 0.29) is 11.8 Å². The second-order valence-corrected chi connectivity index (χ2v) is 6.92. The Labute approximate surface area is 97.5 Å². The van der Waals surface area contributed by atoms with E-state index in [1.807, 2.05) is 0 Å². The zero-order valence-corrected chi connectivity index (χ0v) is 10.3. The molecule has 1 saturated carbocycles. The molecule has 3 atom stereocenters. The average Bonchev–Trinajstić information content (AvgIpc) is 2.63. The molecule has 0 aromatic carbocycles. The Hall–Kier alpha value is -0.390. The molecule has 1 heterocycles. The summed E-state index contributed by atoms with van der Waals surface area (Å²) < 4.78 is 25.4. The molecule has 5 heteroatoms. The highest BCUT2D eigenvalue weighted by Crippen LogP contribution is 2.36. The van der Waals surface area contributed by atoms with Gasteiger partial charge in [0.1, 0.15) is 0 Å². The third-order valence-electron chi connectivity index (χ3n) is 3.84. The topological polar surface area (TPSA) is 63.4 Å². The molecule has 1 aliphatic carbocycles. The van der Waals surface area contributed by atoms with Crippen LogP contribution in [0.25, 0.3) is 0 Å². The number of hydrogen-bond donors (Lipinski definition) is 1. The monoisotopic (exact) mass is 244 g/mol. The lowest BCUT2D eigenvalue weighted by atomic mass is 9.78. The van der Waals surface area contributed by atoms with Gasteiger partial charge >= 0.3 is 0 Å². The maximum absolute atomic E-state index is 11.9. The maximum atomic E-state index is 11.9. The van der Waals surface area contributed by atoms with Gasteiger partial charge in [0.15, 0.2) is 0 Å². The maximum Gasteiger partial charge on any atom is 0.217 e. The van der Waals surface area contributed by atoms with Gasteiger partial charge in [0.05, 0.1) is 5.75 Å². The molecule has 92 valence electrons. The molecule has 0 amide bonds. The molecular weight excluding hydrogens is 224 g/mol. The third kappa shape index (κ3) is 2.17. The van der Waals surface area contributed by atoms with Gasteiger partial charge in [-0.05, 0) is 24.7 Å². The first-order valence-electron chi connectivity index (χ1n) is 5.89. The Morgan fingerprint density at radius 1 is 1.38 bits per heavy atom. The smallest absolute Gasteiger partial charge is 0.217 e. The molecule has 2 aliphatic rings. The van der Waals surface area contributed by atoms with Gasteiger partial charge < -0.3 is 5.73 Å². The van der Waals surface area contributed by atoms with Gasteiger partial charge in [-0.3, -0.25) is 0 Å². The highest BCUT2D eigenvalue weighted by molar-refractivity contribution is 7.89. The van der Waals surface area contributed by atoms with E-state index in [1.165, 1.54) is 6.08 Å². The van der Waals surface area contributed by atoms with E-state index in [0.717, 1.165) is 19.3 Å². The Kier molecular flexibility index (Phi) is 3.37. The van der Waals surface area contributed by atoms with Crippen LogP contribution in [-0.2, 0) is 10.0 Å². The van der Waals surface area contributed by atoms with Crippen LogP contribution in [0.4, 0.5) is 0 Å². The molecule has 0 bridgehead atoms. The Morgan fingerprint density at radius 3 is 2.75 bits per heavy atom. The van der Waals surface area contributed by atoms with Gasteiger partial charge in [0, 0.05) is 19.1 Å². The highest BCUT2D eigenvalue weighted by Gasteiger charge is 2.42. The molecule has 1 saturated heterocycles. The van der Waals surface area contributed by atoms with Crippen molar-refractivity contribution in [1.29, 1.82) is 0 Å². The van der Waals surface area contributed by atoms with Crippen molar-refractivity contribution < 1.29 is 8.42 Å². The van der Waals surface area contributed by atoms with Crippen molar-refractivity contribution in [1.82, 2.24) is 4.31 Å². The minimum Gasteiger partial charge on any atom is -0.327 e. The number of fused-ring (bicyclic) bond motifs is 1. The Bertz CT molecular complexity index is 366. The van der Waals surface area contributed by atoms with Crippen molar-refractivity contribution >= 4 is 10.0 Å². The summed E-state index contributed by atoms with van der Waals surface area (Å²) in [6.45, 7) is 4.77. The first-order valence-corrected chi connectivity index (χ1v) is 7.50. The molecule has 0 aromatic rings. The first-order chi connectivity index (χ1) is 7.54. The molecular formula is C11H20N2O2S. The summed E-state index contributed by atoms with van der Waals surface area (Å²) in [4.78, 5) is 0. The normalized spacial score (nSPS) is 35.9. The van der Waals surface area contributed by atoms with Crippen molar-refractivity contribution in [3.8, 4) is 0 Å². The molecule has 2 fully saturated rings. The number of rotatable bonds is 3. The number of nitrogens with two attached hydrogens (primary N) is 1. The van der Waals surface area contributed by atoms with Crippen LogP contribution in [0.3, 0.4) is 0 Å². The SMILES string of the molecule is C=CCS(=O)(=O)N1CC2CCCC(N)C2C1. The summed E-state index contributed by atoms with van der Waals surface area (Å²) in [5.74, 6) is 0.887. The zero-order valence-electron chi connectivity index (χ0n) is 9.51. The lowest BCUT2D eigenvalue weighted by molar-refractivity contribution is 0.260. The summed E-state index contributed by atoms with van der Waals surface area (Å²) in [5.41, 5.74) is 6.06. The van der Waals surface area contributed by atoms with Crippen LogP contribution >= 0.6 is 0 Å². The van der Waals surface area contributed by atoms with Crippen molar-refractivity contribution in [2.75, 3.05) is 18.8 Å². The molecule has 0 spiro atoms. The van der Waals surface area contributed by atoms with Crippen molar-refractivity contribution in [3.63, 3.8) is 0 Å². The minimum absolute atomic E-state index is 0.0433. The van der Waals surface area contributed by atoms with E-state index in [2.05, 4.69) is 6.58 Å². The summed E-state index contributed by atoms with van der Waals surface area (Å²) in [6.07, 6.45) is 4.75. The quantitative estimate of drug-likeness (QED) is 0.738. The zero-order chi connectivity index (χ0) is 11.8. The Balaban J connectivity index is 2.09. The lowest BCUT2D eigenvalue weighted by Crippen LogP contribution is -2.38. The minimum atomic E-state index is -3.13. The molecule has 0 radical (unpaired) electrons. The van der Waals surface area contributed by atoms with E-state index < -0.39 is 10.0 Å². The van der Waals surface area contributed by atoms with E-state index in [4.69, 9.17) is 5.73 Å². The second kappa shape index (κ2) is 4.47. The number of nitrogens with zero attached hydrogens (tertiary/aromatic N) is 1. The van der Waals surface area contributed by atoms with Crippen molar-refractivity contribution in [2.24, 2.45) is 17.6 Å². The van der Waals surface area contributed by atoms with E-state index in [0.29, 0.717) is 24.9 Å². The summed E-state index contributed by atoms with van der Waals surface area (Å²) in [7, 11) is -3.13. The van der Waals surface area contributed by atoms with Crippen LogP contribution in [0.15, 0.2) is 12.7 Å². The summed E-state index contributed by atoms with van der Waals surface area (Å²) in [5, 5.41) is 0. The van der Waals surface area contributed by atoms with E-state index >= 15 is 0 Å². The predicted octanol–water partition coefficient (Wildman–Crippen LogP) is 0.561. The van der Waals surface area contributed by atoms with Crippen LogP contribution in [0.5, 0.6) is 0 Å². The molecule has 2 N–H and O–H groups in total. The lowest BCUT2D eigenvalue weighted by Gasteiger charge is -2.29. The molecule has 16 heavy (non-hydrogen) atoms. The van der Waals surface area contributed by atoms with Gasteiger partial charge in [-0.2, -0.15) is 0 Å². The average molecular weight is 244 g/mol. The van der Waals surface area contributed by atoms with E-state index in [9.17, 15) is 8.42 Å². The summed E-state index contributed by atoms with van der Waals surface area (Å²) in [6, 6.07) is 0.183. The van der Waals surface area contributed by atoms with Crippen molar-refractivity contribution in [2.45, 2.75) is 25.3 Å². The van der Waals surface area contributed by atoms with Gasteiger partial charge in [-0.1, -0.05) is 12.5 Å². The van der Waals surface area contributed by atoms with Crippen LogP contribution in [-0.4, -0.2) is 37.6 Å². The molecule has 4 nitrogen and oxygen atoms in total. The molecule has 3 unspecified atom stereocenters. The first kappa shape index (κ1) is 12.1. The van der Waals surface area contributed by atoms with E-state index in [1.54, 1.807) is 4.31 Å². The van der Waals surface area contributed by atoms with Crippen LogP contribution in [0, 0.1) is 11.8 Å². The fourth-order valence-corrected chi connectivity index (χ4v) is 4.28. The van der Waals surface area contributed by atoms with Gasteiger partial charge in [0.25, 0.3) is 0 Å². The number of hydrogen-bond acceptors (Lipinski definition) is 3. The highest BCUT2D eigenvalue weighted by atomic mass is 32.2. The number of sulfonamides is 1. The predicted molar refractivity (Wildman–Crippen MR) is 64.4 cm³/mol. The fourth-order valence-electron chi connectivity index (χ4n) is 2.96. The fraction of sp³-hybridized carbons (Fsp3) is 0.818. The summed E-state index contributed by atoms with van der Waals surface area (Å²) >= 11 is 0. The van der Waals surface area contributed by atoms with Gasteiger partial charge in [0.2, 0.25) is 10.0 Å². The molecule has 1 aliphatic heterocycles. The van der Waals surface area contributed by atoms with Crippen LogP contribution < -0.4 is 5.73 Å². The Morgan fingerprint density at radius 2 is 2.12 bits per heavy atom. The van der Waals surface area contributed by atoms with Crippen LogP contribution in [0.2, 0.25) is 0 Å². The van der Waals surface area contributed by atoms with Gasteiger partial charge in [-0.15, -0.1) is 6.58 Å². The van der Waals surface area contributed by atoms with Crippen LogP contribution in [0.1, 0.15) is 19.3 Å². The van der Waals surface area contributed by atoms with Crippen molar-refractivity contribution in [3.05, 3.63) is 12.7 Å². The van der Waals surface area contributed by atoms with Gasteiger partial charge in [-0.25, -0.2) is 12.7 Å². The molecule has 0 aromatic heterocycles. The standard InChI is InChI=1S/C11H20N2O2S/c1-2-6-16(14,15)13-7-9-4-3-5-11(12)10(9)8-13/h2,9-11H,1,3-8,12H2. The second-order valence-electron chi connectivity index (χ2n) is 4.90. The third-order valence-corrected chi connectivity index (χ3v) is 5.58.